The van der Waals surface area contributed by atoms with E-state index in [0.717, 1.165) is 69.6 Å². The molecule has 0 bridgehead atoms. The number of aryl methyl sites for hydroxylation is 1. The molecule has 2 unspecified atom stereocenters. The first-order valence-corrected chi connectivity index (χ1v) is 12.2. The number of piperazine rings is 1. The van der Waals surface area contributed by atoms with Crippen molar-refractivity contribution in [2.24, 2.45) is 0 Å². The van der Waals surface area contributed by atoms with Gasteiger partial charge >= 0.3 is 0 Å². The highest BCUT2D eigenvalue weighted by Crippen LogP contribution is 2.23. The number of aromatic nitrogens is 2. The monoisotopic (exact) mass is 430 g/mol. The molecule has 1 N–H and O–H groups in total. The Balaban J connectivity index is 1.30. The Kier molecular flexibility index (Phi) is 7.17. The summed E-state index contributed by atoms with van der Waals surface area (Å²) >= 11 is 1.85. The lowest BCUT2D eigenvalue weighted by molar-refractivity contribution is -0.131. The smallest absolute Gasteiger partial charge is 0.240 e. The first-order chi connectivity index (χ1) is 14.7. The quantitative estimate of drug-likeness (QED) is 0.694. The lowest BCUT2D eigenvalue weighted by Gasteiger charge is -2.38. The Labute approximate surface area is 184 Å². The first kappa shape index (κ1) is 21.5. The molecule has 7 nitrogen and oxygen atoms in total. The molecule has 0 aromatic carbocycles. The molecule has 3 aliphatic heterocycles. The van der Waals surface area contributed by atoms with Gasteiger partial charge in [-0.15, -0.1) is 11.8 Å². The van der Waals surface area contributed by atoms with Gasteiger partial charge in [-0.3, -0.25) is 9.69 Å². The Hall–Kier alpha value is -1.77. The number of carbonyl (C=O) groups excluding carboxylic acids is 1. The fraction of sp³-hybridized carbons (Fsp3) is 0.636. The average molecular weight is 431 g/mol. The summed E-state index contributed by atoms with van der Waals surface area (Å²) in [5.41, 5.74) is 1.06. The number of nitrogens with zero attached hydrogens (tertiary/aromatic N) is 5. The van der Waals surface area contributed by atoms with Crippen LogP contribution in [-0.4, -0.2) is 88.5 Å². The molecule has 3 aliphatic rings. The fourth-order valence-electron chi connectivity index (χ4n) is 4.58. The second-order valence-electron chi connectivity index (χ2n) is 8.29. The average Bonchev–Trinajstić information content (AvgIpc) is 3.52. The summed E-state index contributed by atoms with van der Waals surface area (Å²) in [6, 6.07) is 2.66. The molecule has 4 rings (SSSR count). The van der Waals surface area contributed by atoms with Gasteiger partial charge in [0.05, 0.1) is 24.2 Å². The minimum absolute atomic E-state index is 0.000214. The van der Waals surface area contributed by atoms with E-state index in [-0.39, 0.29) is 6.04 Å². The van der Waals surface area contributed by atoms with E-state index in [1.807, 2.05) is 35.7 Å². The second-order valence-corrected chi connectivity index (χ2v) is 9.37. The molecule has 0 radical (unpaired) electrons. The van der Waals surface area contributed by atoms with E-state index >= 15 is 0 Å². The number of thioether (sulfide) groups is 1. The summed E-state index contributed by atoms with van der Waals surface area (Å²) in [4.78, 5) is 19.7. The van der Waals surface area contributed by atoms with E-state index in [4.69, 9.17) is 0 Å². The van der Waals surface area contributed by atoms with Crippen LogP contribution in [0.15, 0.2) is 30.4 Å². The minimum atomic E-state index is -0.000214. The summed E-state index contributed by atoms with van der Waals surface area (Å²) < 4.78 is 2.10. The first-order valence-electron chi connectivity index (χ1n) is 11.1. The van der Waals surface area contributed by atoms with E-state index in [2.05, 4.69) is 50.0 Å². The van der Waals surface area contributed by atoms with E-state index < -0.39 is 0 Å². The maximum atomic E-state index is 12.7. The third-order valence-corrected chi connectivity index (χ3v) is 7.19. The van der Waals surface area contributed by atoms with Gasteiger partial charge < -0.3 is 15.1 Å². The Morgan fingerprint density at radius 1 is 1.27 bits per heavy atom. The van der Waals surface area contributed by atoms with Crippen LogP contribution in [0.2, 0.25) is 0 Å². The van der Waals surface area contributed by atoms with Crippen LogP contribution in [0.4, 0.5) is 5.82 Å². The zero-order valence-corrected chi connectivity index (χ0v) is 19.0. The van der Waals surface area contributed by atoms with Gasteiger partial charge in [-0.2, -0.15) is 5.10 Å². The van der Waals surface area contributed by atoms with Crippen molar-refractivity contribution in [2.45, 2.75) is 38.9 Å². The van der Waals surface area contributed by atoms with Crippen LogP contribution >= 0.6 is 11.8 Å². The lowest BCUT2D eigenvalue weighted by Crippen LogP contribution is -2.51. The van der Waals surface area contributed by atoms with Crippen molar-refractivity contribution in [1.82, 2.24) is 24.9 Å². The number of carbonyl (C=O) groups is 1. The standard InChI is InChI=1S/C22H34N6OS/c1-3-4-5-6-7-28-21(14-18(2)24-28)26-10-8-25(9-11-26)19-15-20(23-16-19)22(29)27-12-13-30-17-27/h3-6,14,19-20,23H,7-13,15-17H2,1-2H3. The van der Waals surface area contributed by atoms with Crippen LogP contribution in [0, 0.1) is 6.92 Å². The summed E-state index contributed by atoms with van der Waals surface area (Å²) in [6.07, 6.45) is 9.24. The molecule has 1 aromatic heterocycles. The highest BCUT2D eigenvalue weighted by molar-refractivity contribution is 7.99. The van der Waals surface area contributed by atoms with Crippen molar-refractivity contribution < 1.29 is 4.79 Å². The van der Waals surface area contributed by atoms with Gasteiger partial charge in [-0.05, 0) is 20.3 Å². The Bertz CT molecular complexity index is 777. The SMILES string of the molecule is CC=CC=CCn1nc(C)cc1N1CCN(C2CNC(C(=O)N3CCSC3)C2)CC1. The van der Waals surface area contributed by atoms with Gasteiger partial charge in [-0.1, -0.05) is 24.3 Å². The molecule has 3 saturated heterocycles. The summed E-state index contributed by atoms with van der Waals surface area (Å²) in [5.74, 6) is 3.44. The molecule has 0 saturated carbocycles. The maximum Gasteiger partial charge on any atom is 0.240 e. The normalized spacial score (nSPS) is 25.9. The highest BCUT2D eigenvalue weighted by Gasteiger charge is 2.36. The van der Waals surface area contributed by atoms with Gasteiger partial charge in [0.2, 0.25) is 5.91 Å². The van der Waals surface area contributed by atoms with E-state index in [1.165, 1.54) is 5.82 Å². The van der Waals surface area contributed by atoms with Crippen molar-refractivity contribution in [3.05, 3.63) is 36.1 Å². The maximum absolute atomic E-state index is 12.7. The van der Waals surface area contributed by atoms with Crippen LogP contribution in [0.1, 0.15) is 19.0 Å². The number of allylic oxidation sites excluding steroid dienone is 4. The predicted molar refractivity (Wildman–Crippen MR) is 124 cm³/mol. The summed E-state index contributed by atoms with van der Waals surface area (Å²) in [6.45, 7) is 10.8. The second kappa shape index (κ2) is 10.0. The predicted octanol–water partition coefficient (Wildman–Crippen LogP) is 1.71. The molecule has 1 amide bonds. The number of nitrogens with one attached hydrogen (secondary N) is 1. The molecule has 8 heteroatoms. The van der Waals surface area contributed by atoms with Gasteiger partial charge in [-0.25, -0.2) is 4.68 Å². The molecular formula is C22H34N6OS. The summed E-state index contributed by atoms with van der Waals surface area (Å²) in [7, 11) is 0. The van der Waals surface area contributed by atoms with Crippen molar-refractivity contribution in [3.8, 4) is 0 Å². The minimum Gasteiger partial charge on any atom is -0.354 e. The third-order valence-electron chi connectivity index (χ3n) is 6.22. The van der Waals surface area contributed by atoms with Crippen molar-refractivity contribution in [2.75, 3.05) is 55.8 Å². The van der Waals surface area contributed by atoms with Crippen LogP contribution in [0.25, 0.3) is 0 Å². The molecule has 2 atom stereocenters. The largest absolute Gasteiger partial charge is 0.354 e. The van der Waals surface area contributed by atoms with Crippen LogP contribution in [0.3, 0.4) is 0 Å². The van der Waals surface area contributed by atoms with Gasteiger partial charge in [0.1, 0.15) is 5.82 Å². The molecule has 4 heterocycles. The molecule has 30 heavy (non-hydrogen) atoms. The van der Waals surface area contributed by atoms with Gasteiger partial charge in [0.25, 0.3) is 0 Å². The highest BCUT2D eigenvalue weighted by atomic mass is 32.2. The number of hydrogen-bond acceptors (Lipinski definition) is 6. The van der Waals surface area contributed by atoms with E-state index in [0.29, 0.717) is 11.9 Å². The fourth-order valence-corrected chi connectivity index (χ4v) is 5.53. The molecule has 3 fully saturated rings. The number of rotatable bonds is 6. The lowest BCUT2D eigenvalue weighted by atomic mass is 10.1. The molecule has 0 spiro atoms. The zero-order valence-electron chi connectivity index (χ0n) is 18.2. The van der Waals surface area contributed by atoms with Crippen LogP contribution in [0.5, 0.6) is 0 Å². The molecule has 1 aromatic rings. The molecular weight excluding hydrogens is 396 g/mol. The molecule has 0 aliphatic carbocycles. The Morgan fingerprint density at radius 2 is 2.10 bits per heavy atom. The van der Waals surface area contributed by atoms with Crippen LogP contribution < -0.4 is 10.2 Å². The third kappa shape index (κ3) is 4.92. The van der Waals surface area contributed by atoms with Crippen LogP contribution in [-0.2, 0) is 11.3 Å². The number of amides is 1. The number of hydrogen-bond donors (Lipinski definition) is 1. The van der Waals surface area contributed by atoms with E-state index in [1.54, 1.807) is 0 Å². The van der Waals surface area contributed by atoms with Crippen molar-refractivity contribution in [1.29, 1.82) is 0 Å². The van der Waals surface area contributed by atoms with Gasteiger partial charge in [0.15, 0.2) is 0 Å². The summed E-state index contributed by atoms with van der Waals surface area (Å²) in [5, 5.41) is 8.17. The molecule has 164 valence electrons. The topological polar surface area (TPSA) is 56.6 Å². The zero-order chi connectivity index (χ0) is 20.9. The van der Waals surface area contributed by atoms with Crippen molar-refractivity contribution >= 4 is 23.5 Å². The number of anilines is 1. The Morgan fingerprint density at radius 3 is 2.83 bits per heavy atom. The van der Waals surface area contributed by atoms with E-state index in [9.17, 15) is 4.79 Å². The van der Waals surface area contributed by atoms with Crippen molar-refractivity contribution in [3.63, 3.8) is 0 Å². The van der Waals surface area contributed by atoms with Gasteiger partial charge in [0, 0.05) is 57.1 Å².